The molecule has 0 amide bonds. The van der Waals surface area contributed by atoms with Crippen LogP contribution in [0.4, 0.5) is 5.69 Å². The summed E-state index contributed by atoms with van der Waals surface area (Å²) in [5.41, 5.74) is 7.22. The summed E-state index contributed by atoms with van der Waals surface area (Å²) < 4.78 is 5.86. The Bertz CT molecular complexity index is 1390. The molecule has 3 aromatic carbocycles. The fourth-order valence-corrected chi connectivity index (χ4v) is 4.99. The molecule has 4 aromatic rings. The SMILES string of the molecule is CSc1ccc(N2C(=S)NC(c3ccc(C)cc3)C(c3nc(-c4ccc(C)cc4)no3)=C2C)cc1. The van der Waals surface area contributed by atoms with Gasteiger partial charge in [-0.3, -0.25) is 4.90 Å². The molecule has 7 heteroatoms. The van der Waals surface area contributed by atoms with Crippen LogP contribution in [0, 0.1) is 13.8 Å². The lowest BCUT2D eigenvalue weighted by molar-refractivity contribution is 0.404. The van der Waals surface area contributed by atoms with E-state index in [1.54, 1.807) is 11.8 Å². The Morgan fingerprint density at radius 2 is 1.51 bits per heavy atom. The fraction of sp³-hybridized carbons (Fsp3) is 0.179. The van der Waals surface area contributed by atoms with Crippen LogP contribution in [-0.2, 0) is 0 Å². The highest BCUT2D eigenvalue weighted by molar-refractivity contribution is 7.98. The predicted octanol–water partition coefficient (Wildman–Crippen LogP) is 6.94. The molecular weight excluding hydrogens is 472 g/mol. The summed E-state index contributed by atoms with van der Waals surface area (Å²) in [6.45, 7) is 6.20. The van der Waals surface area contributed by atoms with E-state index >= 15 is 0 Å². The smallest absolute Gasteiger partial charge is 0.258 e. The molecule has 2 heterocycles. The van der Waals surface area contributed by atoms with Gasteiger partial charge in [0.25, 0.3) is 5.89 Å². The van der Waals surface area contributed by atoms with Gasteiger partial charge in [0.05, 0.1) is 11.6 Å². The van der Waals surface area contributed by atoms with Crippen molar-refractivity contribution in [1.29, 1.82) is 0 Å². The normalized spacial score (nSPS) is 15.9. The molecule has 0 saturated heterocycles. The molecule has 1 aromatic heterocycles. The monoisotopic (exact) mass is 498 g/mol. The van der Waals surface area contributed by atoms with Crippen LogP contribution in [0.15, 0.2) is 87.9 Å². The number of aromatic nitrogens is 2. The van der Waals surface area contributed by atoms with Crippen LogP contribution >= 0.6 is 24.0 Å². The summed E-state index contributed by atoms with van der Waals surface area (Å²) in [6, 6.07) is 24.7. The second-order valence-corrected chi connectivity index (χ2v) is 9.88. The van der Waals surface area contributed by atoms with Crippen LogP contribution < -0.4 is 10.2 Å². The first-order valence-electron chi connectivity index (χ1n) is 11.4. The van der Waals surface area contributed by atoms with Crippen molar-refractivity contribution in [3.8, 4) is 11.4 Å². The molecule has 5 nitrogen and oxygen atoms in total. The number of benzene rings is 3. The number of nitrogens with zero attached hydrogens (tertiary/aromatic N) is 3. The number of anilines is 1. The molecule has 1 unspecified atom stereocenters. The van der Waals surface area contributed by atoms with Gasteiger partial charge in [0.1, 0.15) is 0 Å². The van der Waals surface area contributed by atoms with Crippen LogP contribution in [0.2, 0.25) is 0 Å². The topological polar surface area (TPSA) is 54.2 Å². The van der Waals surface area contributed by atoms with Crippen molar-refractivity contribution in [2.45, 2.75) is 31.7 Å². The molecule has 0 saturated carbocycles. The minimum absolute atomic E-state index is 0.212. The maximum absolute atomic E-state index is 5.86. The quantitative estimate of drug-likeness (QED) is 0.236. The van der Waals surface area contributed by atoms with Crippen molar-refractivity contribution in [1.82, 2.24) is 15.5 Å². The van der Waals surface area contributed by atoms with Crippen LogP contribution in [0.3, 0.4) is 0 Å². The predicted molar refractivity (Wildman–Crippen MR) is 147 cm³/mol. The van der Waals surface area contributed by atoms with E-state index < -0.39 is 0 Å². The van der Waals surface area contributed by atoms with Gasteiger partial charge >= 0.3 is 0 Å². The number of thioether (sulfide) groups is 1. The molecule has 5 rings (SSSR count). The highest BCUT2D eigenvalue weighted by Gasteiger charge is 2.34. The van der Waals surface area contributed by atoms with Gasteiger partial charge in [0.2, 0.25) is 5.82 Å². The molecule has 0 aliphatic carbocycles. The van der Waals surface area contributed by atoms with E-state index in [1.807, 2.05) is 29.2 Å². The van der Waals surface area contributed by atoms with Crippen LogP contribution in [0.25, 0.3) is 17.0 Å². The second kappa shape index (κ2) is 9.68. The van der Waals surface area contributed by atoms with E-state index in [1.165, 1.54) is 16.0 Å². The number of hydrogen-bond donors (Lipinski definition) is 1. The van der Waals surface area contributed by atoms with E-state index in [0.29, 0.717) is 16.8 Å². The Morgan fingerprint density at radius 1 is 0.886 bits per heavy atom. The van der Waals surface area contributed by atoms with Gasteiger partial charge in [0.15, 0.2) is 5.11 Å². The zero-order valence-corrected chi connectivity index (χ0v) is 21.7. The Morgan fingerprint density at radius 3 is 2.14 bits per heavy atom. The largest absolute Gasteiger partial charge is 0.351 e. The third-order valence-corrected chi connectivity index (χ3v) is 7.24. The van der Waals surface area contributed by atoms with Crippen molar-refractivity contribution in [2.75, 3.05) is 11.2 Å². The molecule has 35 heavy (non-hydrogen) atoms. The standard InChI is InChI=1S/C28H26N4OS2/c1-17-5-9-20(10-6-17)25-24(27-30-26(31-33-27)21-11-7-18(2)8-12-21)19(3)32(28(34)29-25)22-13-15-23(35-4)16-14-22/h5-16,25H,1-4H3,(H,29,34). The number of aryl methyl sites for hydroxylation is 2. The van der Waals surface area contributed by atoms with Gasteiger partial charge in [-0.05, 0) is 69.1 Å². The maximum Gasteiger partial charge on any atom is 0.258 e. The van der Waals surface area contributed by atoms with Crippen LogP contribution in [0.1, 0.15) is 35.5 Å². The Labute approximate surface area is 215 Å². The first-order chi connectivity index (χ1) is 16.9. The molecule has 1 aliphatic rings. The first kappa shape index (κ1) is 23.3. The van der Waals surface area contributed by atoms with E-state index in [2.05, 4.69) is 86.0 Å². The summed E-state index contributed by atoms with van der Waals surface area (Å²) in [5, 5.41) is 8.47. The number of thiocarbonyl (C=S) groups is 1. The third-order valence-electron chi connectivity index (χ3n) is 6.19. The van der Waals surface area contributed by atoms with Crippen molar-refractivity contribution >= 4 is 40.4 Å². The van der Waals surface area contributed by atoms with Crippen LogP contribution in [0.5, 0.6) is 0 Å². The zero-order valence-electron chi connectivity index (χ0n) is 20.1. The zero-order chi connectivity index (χ0) is 24.5. The van der Waals surface area contributed by atoms with Gasteiger partial charge in [-0.1, -0.05) is 64.8 Å². The second-order valence-electron chi connectivity index (χ2n) is 8.61. The minimum atomic E-state index is -0.212. The fourth-order valence-electron chi connectivity index (χ4n) is 4.22. The molecule has 176 valence electrons. The van der Waals surface area contributed by atoms with Gasteiger partial charge in [-0.25, -0.2) is 0 Å². The van der Waals surface area contributed by atoms with E-state index in [4.69, 9.17) is 21.7 Å². The summed E-state index contributed by atoms with van der Waals surface area (Å²) in [5.74, 6) is 1.04. The third kappa shape index (κ3) is 4.61. The lowest BCUT2D eigenvalue weighted by atomic mass is 9.94. The van der Waals surface area contributed by atoms with Gasteiger partial charge in [0, 0.05) is 21.8 Å². The van der Waals surface area contributed by atoms with Crippen molar-refractivity contribution < 1.29 is 4.52 Å². The van der Waals surface area contributed by atoms with Crippen molar-refractivity contribution in [2.24, 2.45) is 0 Å². The maximum atomic E-state index is 5.86. The molecular formula is C28H26N4OS2. The highest BCUT2D eigenvalue weighted by Crippen LogP contribution is 2.39. The minimum Gasteiger partial charge on any atom is -0.351 e. The van der Waals surface area contributed by atoms with Gasteiger partial charge < -0.3 is 9.84 Å². The van der Waals surface area contributed by atoms with E-state index in [0.717, 1.165) is 28.1 Å². The van der Waals surface area contributed by atoms with E-state index in [-0.39, 0.29) is 6.04 Å². The summed E-state index contributed by atoms with van der Waals surface area (Å²) in [6.07, 6.45) is 2.07. The number of rotatable bonds is 5. The lowest BCUT2D eigenvalue weighted by Crippen LogP contribution is -2.46. The number of nitrogens with one attached hydrogen (secondary N) is 1. The average Bonchev–Trinajstić information content (AvgIpc) is 3.35. The molecule has 0 fully saturated rings. The summed E-state index contributed by atoms with van der Waals surface area (Å²) in [4.78, 5) is 8.04. The Balaban J connectivity index is 1.63. The van der Waals surface area contributed by atoms with Crippen molar-refractivity contribution in [3.63, 3.8) is 0 Å². The Kier molecular flexibility index (Phi) is 6.45. The molecule has 1 atom stereocenters. The first-order valence-corrected chi connectivity index (χ1v) is 13.0. The van der Waals surface area contributed by atoms with E-state index in [9.17, 15) is 0 Å². The highest BCUT2D eigenvalue weighted by atomic mass is 32.2. The van der Waals surface area contributed by atoms with Gasteiger partial charge in [-0.2, -0.15) is 4.98 Å². The molecule has 0 spiro atoms. The molecule has 1 aliphatic heterocycles. The lowest BCUT2D eigenvalue weighted by Gasteiger charge is -2.37. The van der Waals surface area contributed by atoms with Crippen molar-refractivity contribution in [3.05, 3.63) is 101 Å². The summed E-state index contributed by atoms with van der Waals surface area (Å²) in [7, 11) is 0. The average molecular weight is 499 g/mol. The summed E-state index contributed by atoms with van der Waals surface area (Å²) >= 11 is 7.57. The number of allylic oxidation sites excluding steroid dienone is 1. The Hall–Kier alpha value is -3.42. The van der Waals surface area contributed by atoms with Crippen LogP contribution in [-0.4, -0.2) is 21.5 Å². The molecule has 0 bridgehead atoms. The number of hydrogen-bond acceptors (Lipinski definition) is 5. The molecule has 0 radical (unpaired) electrons. The van der Waals surface area contributed by atoms with Gasteiger partial charge in [-0.15, -0.1) is 11.8 Å². The molecule has 1 N–H and O–H groups in total.